The second-order valence-corrected chi connectivity index (χ2v) is 8.17. The maximum atomic E-state index is 12.9. The number of ether oxygens (including phenoxy) is 1. The number of nitrogens with zero attached hydrogens (tertiary/aromatic N) is 1. The van der Waals surface area contributed by atoms with Crippen molar-refractivity contribution >= 4 is 23.6 Å². The molecule has 0 aliphatic carbocycles. The van der Waals surface area contributed by atoms with Crippen molar-refractivity contribution in [3.05, 3.63) is 34.9 Å². The van der Waals surface area contributed by atoms with Crippen molar-refractivity contribution in [2.24, 2.45) is 0 Å². The molecule has 1 aromatic rings. The van der Waals surface area contributed by atoms with E-state index in [2.05, 4.69) is 16.0 Å². The van der Waals surface area contributed by atoms with Crippen LogP contribution in [0.2, 0.25) is 0 Å². The quantitative estimate of drug-likeness (QED) is 0.559. The van der Waals surface area contributed by atoms with E-state index in [0.717, 1.165) is 36.4 Å². The average molecular weight is 414 g/mol. The Labute approximate surface area is 174 Å². The van der Waals surface area contributed by atoms with Gasteiger partial charge in [0, 0.05) is 26.6 Å². The van der Waals surface area contributed by atoms with Crippen molar-refractivity contribution in [3.63, 3.8) is 0 Å². The number of carbonyl (C=O) groups is 4. The number of carbonyl (C=O) groups excluding carboxylic acids is 4. The fourth-order valence-electron chi connectivity index (χ4n) is 4.49. The van der Waals surface area contributed by atoms with Gasteiger partial charge in [0.25, 0.3) is 11.8 Å². The summed E-state index contributed by atoms with van der Waals surface area (Å²) in [6, 6.07) is 4.23. The highest BCUT2D eigenvalue weighted by atomic mass is 16.5. The molecule has 9 nitrogen and oxygen atoms in total. The molecule has 9 heteroatoms. The van der Waals surface area contributed by atoms with Gasteiger partial charge in [0.05, 0.1) is 23.3 Å². The maximum Gasteiger partial charge on any atom is 0.262 e. The van der Waals surface area contributed by atoms with Crippen LogP contribution in [0.4, 0.5) is 0 Å². The lowest BCUT2D eigenvalue weighted by Gasteiger charge is -2.38. The van der Waals surface area contributed by atoms with Gasteiger partial charge in [0.15, 0.2) is 0 Å². The molecular weight excluding hydrogens is 388 g/mol. The Morgan fingerprint density at radius 1 is 1.20 bits per heavy atom. The van der Waals surface area contributed by atoms with Gasteiger partial charge in [0.1, 0.15) is 6.04 Å². The van der Waals surface area contributed by atoms with Gasteiger partial charge in [-0.15, -0.1) is 0 Å². The van der Waals surface area contributed by atoms with Crippen LogP contribution < -0.4 is 16.0 Å². The fourth-order valence-corrected chi connectivity index (χ4v) is 4.49. The Morgan fingerprint density at radius 3 is 2.70 bits per heavy atom. The minimum atomic E-state index is -0.949. The van der Waals surface area contributed by atoms with Gasteiger partial charge in [-0.1, -0.05) is 6.07 Å². The predicted octanol–water partition coefficient (Wildman–Crippen LogP) is -0.0540. The van der Waals surface area contributed by atoms with Crippen LogP contribution in [0.25, 0.3) is 0 Å². The van der Waals surface area contributed by atoms with Crippen LogP contribution in [0.3, 0.4) is 0 Å². The minimum Gasteiger partial charge on any atom is -0.383 e. The lowest BCUT2D eigenvalue weighted by Crippen LogP contribution is -2.58. The molecule has 30 heavy (non-hydrogen) atoms. The highest BCUT2D eigenvalue weighted by Crippen LogP contribution is 2.28. The molecule has 4 amide bonds. The van der Waals surface area contributed by atoms with E-state index in [1.165, 1.54) is 0 Å². The van der Waals surface area contributed by atoms with Crippen molar-refractivity contribution < 1.29 is 23.9 Å². The Kier molecular flexibility index (Phi) is 5.68. The number of imide groups is 2. The first-order chi connectivity index (χ1) is 14.4. The Balaban J connectivity index is 1.50. The number of rotatable bonds is 6. The Morgan fingerprint density at radius 2 is 2.00 bits per heavy atom. The van der Waals surface area contributed by atoms with Gasteiger partial charge < -0.3 is 15.4 Å². The molecule has 2 fully saturated rings. The first-order valence-corrected chi connectivity index (χ1v) is 10.2. The molecular formula is C21H26N4O5. The summed E-state index contributed by atoms with van der Waals surface area (Å²) in [7, 11) is 1.68. The topological polar surface area (TPSA) is 117 Å². The van der Waals surface area contributed by atoms with Crippen LogP contribution >= 0.6 is 0 Å². The molecule has 2 unspecified atom stereocenters. The summed E-state index contributed by atoms with van der Waals surface area (Å²) in [6.45, 7) is 2.88. The number of amides is 4. The summed E-state index contributed by atoms with van der Waals surface area (Å²) in [5.41, 5.74) is 1.29. The largest absolute Gasteiger partial charge is 0.383 e. The van der Waals surface area contributed by atoms with Crippen molar-refractivity contribution in [2.45, 2.75) is 43.8 Å². The molecule has 0 radical (unpaired) electrons. The molecule has 3 heterocycles. The first kappa shape index (κ1) is 20.6. The van der Waals surface area contributed by atoms with E-state index >= 15 is 0 Å². The summed E-state index contributed by atoms with van der Waals surface area (Å²) < 4.78 is 5.41. The molecule has 0 saturated carbocycles. The van der Waals surface area contributed by atoms with Gasteiger partial charge in [-0.3, -0.25) is 29.4 Å². The van der Waals surface area contributed by atoms with Crippen LogP contribution in [-0.2, 0) is 20.9 Å². The molecule has 0 bridgehead atoms. The second kappa shape index (κ2) is 8.25. The third-order valence-electron chi connectivity index (χ3n) is 6.06. The maximum absolute atomic E-state index is 12.9. The fraction of sp³-hybridized carbons (Fsp3) is 0.524. The van der Waals surface area contributed by atoms with Gasteiger partial charge in [-0.05, 0) is 43.5 Å². The smallest absolute Gasteiger partial charge is 0.262 e. The lowest BCUT2D eigenvalue weighted by molar-refractivity contribution is -0.136. The standard InChI is InChI=1S/C21H26N4O5/c1-30-12-21(7-2-8-22-11-21)23-10-13-3-4-14-15(9-13)20(29)25(19(14)28)16-5-6-17(26)24-18(16)27/h3-4,9,16,22-23H,2,5-8,10-12H2,1H3,(H,24,26,27). The molecule has 1 aromatic carbocycles. The number of piperidine rings is 2. The van der Waals surface area contributed by atoms with Crippen molar-refractivity contribution in [1.29, 1.82) is 0 Å². The van der Waals surface area contributed by atoms with E-state index in [1.54, 1.807) is 19.2 Å². The SMILES string of the molecule is COCC1(NCc2ccc3c(c2)C(=O)N(C2CCC(=O)NC2=O)C3=O)CCCNC1. The predicted molar refractivity (Wildman–Crippen MR) is 107 cm³/mol. The van der Waals surface area contributed by atoms with Crippen LogP contribution in [0.5, 0.6) is 0 Å². The highest BCUT2D eigenvalue weighted by Gasteiger charge is 2.44. The van der Waals surface area contributed by atoms with E-state index < -0.39 is 23.8 Å². The monoisotopic (exact) mass is 414 g/mol. The molecule has 0 spiro atoms. The summed E-state index contributed by atoms with van der Waals surface area (Å²) in [5, 5.41) is 9.15. The summed E-state index contributed by atoms with van der Waals surface area (Å²) in [5.74, 6) is -1.97. The third-order valence-corrected chi connectivity index (χ3v) is 6.06. The molecule has 3 N–H and O–H groups in total. The minimum absolute atomic E-state index is 0.106. The summed E-state index contributed by atoms with van der Waals surface area (Å²) in [6.07, 6.45) is 2.29. The zero-order valence-corrected chi connectivity index (χ0v) is 17.0. The van der Waals surface area contributed by atoms with Crippen molar-refractivity contribution in [2.75, 3.05) is 26.8 Å². The van der Waals surface area contributed by atoms with Crippen LogP contribution in [0.15, 0.2) is 18.2 Å². The van der Waals surface area contributed by atoms with Crippen LogP contribution in [-0.4, -0.2) is 66.9 Å². The number of benzene rings is 1. The Bertz CT molecular complexity index is 888. The molecule has 4 rings (SSSR count). The molecule has 2 atom stereocenters. The number of fused-ring (bicyclic) bond motifs is 1. The Hall–Kier alpha value is -2.62. The van der Waals surface area contributed by atoms with Gasteiger partial charge >= 0.3 is 0 Å². The van der Waals surface area contributed by atoms with Crippen LogP contribution in [0.1, 0.15) is 52.0 Å². The van der Waals surface area contributed by atoms with Crippen molar-refractivity contribution in [3.8, 4) is 0 Å². The van der Waals surface area contributed by atoms with Crippen molar-refractivity contribution in [1.82, 2.24) is 20.9 Å². The number of methoxy groups -OCH3 is 1. The van der Waals surface area contributed by atoms with E-state index in [4.69, 9.17) is 4.74 Å². The van der Waals surface area contributed by atoms with Gasteiger partial charge in [-0.25, -0.2) is 0 Å². The molecule has 2 saturated heterocycles. The number of nitrogens with one attached hydrogen (secondary N) is 3. The molecule has 3 aliphatic heterocycles. The normalized spacial score (nSPS) is 26.7. The zero-order chi connectivity index (χ0) is 21.3. The van der Waals surface area contributed by atoms with Gasteiger partial charge in [0.2, 0.25) is 11.8 Å². The average Bonchev–Trinajstić information content (AvgIpc) is 2.98. The zero-order valence-electron chi connectivity index (χ0n) is 17.0. The number of hydrogen-bond acceptors (Lipinski definition) is 7. The van der Waals surface area contributed by atoms with E-state index in [9.17, 15) is 19.2 Å². The van der Waals surface area contributed by atoms with Crippen LogP contribution in [0, 0.1) is 0 Å². The third kappa shape index (κ3) is 3.76. The molecule has 3 aliphatic rings. The summed E-state index contributed by atoms with van der Waals surface area (Å²) >= 11 is 0. The second-order valence-electron chi connectivity index (χ2n) is 8.17. The number of hydrogen-bond donors (Lipinski definition) is 3. The highest BCUT2D eigenvalue weighted by molar-refractivity contribution is 6.23. The van der Waals surface area contributed by atoms with Gasteiger partial charge in [-0.2, -0.15) is 0 Å². The lowest BCUT2D eigenvalue weighted by atomic mass is 9.90. The van der Waals surface area contributed by atoms with E-state index in [1.807, 2.05) is 6.07 Å². The first-order valence-electron chi connectivity index (χ1n) is 10.2. The molecule has 160 valence electrons. The summed E-state index contributed by atoms with van der Waals surface area (Å²) in [4.78, 5) is 50.3. The molecule has 0 aromatic heterocycles. The van der Waals surface area contributed by atoms with E-state index in [0.29, 0.717) is 24.3 Å². The van der Waals surface area contributed by atoms with E-state index in [-0.39, 0.29) is 24.3 Å².